The summed E-state index contributed by atoms with van der Waals surface area (Å²) in [6.07, 6.45) is 2.18. The lowest BCUT2D eigenvalue weighted by molar-refractivity contribution is 0.0493. The molecule has 1 aromatic heterocycles. The molecular formula is C18H22ClNO5S. The van der Waals surface area contributed by atoms with Crippen molar-refractivity contribution in [2.75, 3.05) is 36.7 Å². The molecule has 2 aromatic rings. The highest BCUT2D eigenvalue weighted by atomic mass is 35.5. The van der Waals surface area contributed by atoms with E-state index >= 15 is 0 Å². The molecule has 0 N–H and O–H groups in total. The van der Waals surface area contributed by atoms with Gasteiger partial charge in [0.05, 0.1) is 13.2 Å². The maximum Gasteiger partial charge on any atom is 0.414 e. The number of nitrogens with zero attached hydrogens (tertiary/aromatic N) is 1. The van der Waals surface area contributed by atoms with E-state index in [1.165, 1.54) is 4.90 Å². The van der Waals surface area contributed by atoms with Gasteiger partial charge in [0.15, 0.2) is 0 Å². The summed E-state index contributed by atoms with van der Waals surface area (Å²) in [7, 11) is 0. The van der Waals surface area contributed by atoms with Crippen LogP contribution in [0.4, 0.5) is 10.5 Å². The highest BCUT2D eigenvalue weighted by Crippen LogP contribution is 2.36. The van der Waals surface area contributed by atoms with E-state index in [2.05, 4.69) is 0 Å². The van der Waals surface area contributed by atoms with Gasteiger partial charge in [-0.05, 0) is 50.5 Å². The molecule has 8 heteroatoms. The van der Waals surface area contributed by atoms with Crippen molar-refractivity contribution in [1.29, 1.82) is 0 Å². The number of ether oxygens (including phenoxy) is 2. The molecule has 0 aliphatic heterocycles. The fourth-order valence-electron chi connectivity index (χ4n) is 2.52. The number of fused-ring (bicyclic) bond motifs is 1. The number of hydrogen-bond acceptors (Lipinski definition) is 6. The van der Waals surface area contributed by atoms with E-state index in [-0.39, 0.29) is 19.0 Å². The largest absolute Gasteiger partial charge is 0.460 e. The first kappa shape index (κ1) is 20.5. The van der Waals surface area contributed by atoms with E-state index < -0.39 is 12.1 Å². The summed E-state index contributed by atoms with van der Waals surface area (Å²) in [6, 6.07) is 4.99. The Labute approximate surface area is 161 Å². The minimum atomic E-state index is -0.631. The summed E-state index contributed by atoms with van der Waals surface area (Å²) in [5.41, 5.74) is 0.784. The summed E-state index contributed by atoms with van der Waals surface area (Å²) in [4.78, 5) is 26.4. The molecule has 1 aromatic carbocycles. The van der Waals surface area contributed by atoms with E-state index in [9.17, 15) is 9.59 Å². The Hall–Kier alpha value is -1.86. The van der Waals surface area contributed by atoms with Gasteiger partial charge in [-0.2, -0.15) is 11.8 Å². The van der Waals surface area contributed by atoms with Gasteiger partial charge in [-0.15, -0.1) is 0 Å². The van der Waals surface area contributed by atoms with E-state index in [1.807, 2.05) is 6.26 Å². The van der Waals surface area contributed by atoms with Crippen LogP contribution in [0.3, 0.4) is 0 Å². The van der Waals surface area contributed by atoms with Crippen molar-refractivity contribution < 1.29 is 23.5 Å². The molecule has 1 heterocycles. The van der Waals surface area contributed by atoms with Gasteiger partial charge < -0.3 is 13.9 Å². The fourth-order valence-corrected chi connectivity index (χ4v) is 3.11. The number of carbonyl (C=O) groups excluding carboxylic acids is 2. The van der Waals surface area contributed by atoms with Crippen LogP contribution < -0.4 is 4.90 Å². The summed E-state index contributed by atoms with van der Waals surface area (Å²) in [5.74, 6) is 0.205. The first-order chi connectivity index (χ1) is 12.5. The Kier molecular flexibility index (Phi) is 7.66. The van der Waals surface area contributed by atoms with Crippen LogP contribution in [0.1, 0.15) is 30.8 Å². The van der Waals surface area contributed by atoms with Crippen LogP contribution in [-0.2, 0) is 9.47 Å². The lowest BCUT2D eigenvalue weighted by Crippen LogP contribution is -2.34. The monoisotopic (exact) mass is 399 g/mol. The minimum Gasteiger partial charge on any atom is -0.460 e. The Bertz CT molecular complexity index is 776. The summed E-state index contributed by atoms with van der Waals surface area (Å²) < 4.78 is 16.0. The number of esters is 1. The maximum absolute atomic E-state index is 12.6. The number of hydrogen-bond donors (Lipinski definition) is 0. The van der Waals surface area contributed by atoms with Gasteiger partial charge in [0.2, 0.25) is 5.76 Å². The number of amides is 1. The molecule has 0 aliphatic rings. The van der Waals surface area contributed by atoms with Crippen molar-refractivity contribution in [3.63, 3.8) is 0 Å². The molecule has 0 aliphatic carbocycles. The van der Waals surface area contributed by atoms with Gasteiger partial charge in [-0.3, -0.25) is 4.90 Å². The summed E-state index contributed by atoms with van der Waals surface area (Å²) in [5, 5.41) is 1.04. The zero-order chi connectivity index (χ0) is 19.1. The quantitative estimate of drug-likeness (QED) is 0.460. The predicted octanol–water partition coefficient (Wildman–Crippen LogP) is 4.98. The zero-order valence-electron chi connectivity index (χ0n) is 15.0. The number of benzene rings is 1. The second-order valence-electron chi connectivity index (χ2n) is 5.34. The Balaban J connectivity index is 2.58. The summed E-state index contributed by atoms with van der Waals surface area (Å²) >= 11 is 7.79. The van der Waals surface area contributed by atoms with Gasteiger partial charge in [-0.25, -0.2) is 9.59 Å². The molecule has 0 unspecified atom stereocenters. The third-order valence-corrected chi connectivity index (χ3v) is 4.50. The van der Waals surface area contributed by atoms with Crippen LogP contribution in [0.5, 0.6) is 0 Å². The number of halogens is 1. The van der Waals surface area contributed by atoms with Gasteiger partial charge >= 0.3 is 12.1 Å². The van der Waals surface area contributed by atoms with Gasteiger partial charge in [-0.1, -0.05) is 11.6 Å². The molecule has 0 spiro atoms. The Morgan fingerprint density at radius 1 is 1.23 bits per heavy atom. The second-order valence-corrected chi connectivity index (χ2v) is 6.76. The molecule has 6 nitrogen and oxygen atoms in total. The number of anilines is 1. The second kappa shape index (κ2) is 9.73. The SMILES string of the molecule is CCOC(=O)c1oc2ccc(Cl)cc2c1N(CCCSC)C(=O)OCC. The third kappa shape index (κ3) is 4.65. The van der Waals surface area contributed by atoms with Crippen LogP contribution >= 0.6 is 23.4 Å². The molecule has 0 saturated heterocycles. The number of furan rings is 1. The first-order valence-electron chi connectivity index (χ1n) is 8.35. The number of carbonyl (C=O) groups is 2. The first-order valence-corrected chi connectivity index (χ1v) is 10.1. The normalized spacial score (nSPS) is 10.8. The molecule has 142 valence electrons. The van der Waals surface area contributed by atoms with Gasteiger partial charge in [0, 0.05) is 17.0 Å². The highest BCUT2D eigenvalue weighted by molar-refractivity contribution is 7.98. The van der Waals surface area contributed by atoms with E-state index in [4.69, 9.17) is 25.5 Å². The predicted molar refractivity (Wildman–Crippen MR) is 105 cm³/mol. The van der Waals surface area contributed by atoms with Crippen molar-refractivity contribution in [2.45, 2.75) is 20.3 Å². The van der Waals surface area contributed by atoms with Crippen molar-refractivity contribution in [1.82, 2.24) is 0 Å². The molecular weight excluding hydrogens is 378 g/mol. The third-order valence-electron chi connectivity index (χ3n) is 3.57. The lowest BCUT2D eigenvalue weighted by atomic mass is 10.2. The van der Waals surface area contributed by atoms with Crippen LogP contribution in [0.15, 0.2) is 22.6 Å². The van der Waals surface area contributed by atoms with E-state index in [0.717, 1.165) is 12.2 Å². The van der Waals surface area contributed by atoms with Crippen LogP contribution in [-0.4, -0.2) is 43.8 Å². The molecule has 0 bridgehead atoms. The number of rotatable bonds is 8. The van der Waals surface area contributed by atoms with Crippen molar-refractivity contribution in [3.05, 3.63) is 29.0 Å². The van der Waals surface area contributed by atoms with Crippen molar-refractivity contribution in [3.8, 4) is 0 Å². The van der Waals surface area contributed by atoms with E-state index in [0.29, 0.717) is 28.2 Å². The van der Waals surface area contributed by atoms with Crippen molar-refractivity contribution in [2.24, 2.45) is 0 Å². The molecule has 26 heavy (non-hydrogen) atoms. The fraction of sp³-hybridized carbons (Fsp3) is 0.444. The Morgan fingerprint density at radius 3 is 2.62 bits per heavy atom. The van der Waals surface area contributed by atoms with Gasteiger partial charge in [0.25, 0.3) is 0 Å². The lowest BCUT2D eigenvalue weighted by Gasteiger charge is -2.21. The molecule has 0 fully saturated rings. The number of thioether (sulfide) groups is 1. The topological polar surface area (TPSA) is 69.0 Å². The van der Waals surface area contributed by atoms with Crippen LogP contribution in [0.2, 0.25) is 5.02 Å². The standard InChI is InChI=1S/C18H22ClNO5S/c1-4-23-17(21)16-15(13-11-12(19)7-8-14(13)25-16)20(9-6-10-26-3)18(22)24-5-2/h7-8,11H,4-6,9-10H2,1-3H3. The average Bonchev–Trinajstić information content (AvgIpc) is 2.97. The molecule has 0 atom stereocenters. The molecule has 0 saturated carbocycles. The molecule has 1 amide bonds. The minimum absolute atomic E-state index is 0.0266. The highest BCUT2D eigenvalue weighted by Gasteiger charge is 2.30. The van der Waals surface area contributed by atoms with Gasteiger partial charge in [0.1, 0.15) is 11.3 Å². The molecule has 0 radical (unpaired) electrons. The Morgan fingerprint density at radius 2 is 1.96 bits per heavy atom. The zero-order valence-corrected chi connectivity index (χ0v) is 16.6. The van der Waals surface area contributed by atoms with Crippen molar-refractivity contribution >= 4 is 52.1 Å². The maximum atomic E-state index is 12.6. The van der Waals surface area contributed by atoms with E-state index in [1.54, 1.807) is 43.8 Å². The summed E-state index contributed by atoms with van der Waals surface area (Å²) in [6.45, 7) is 4.24. The smallest absolute Gasteiger partial charge is 0.414 e. The van der Waals surface area contributed by atoms with Crippen LogP contribution in [0, 0.1) is 0 Å². The van der Waals surface area contributed by atoms with Crippen LogP contribution in [0.25, 0.3) is 11.0 Å². The molecule has 2 rings (SSSR count). The average molecular weight is 400 g/mol.